The minimum absolute atomic E-state index is 0.182. The first-order chi connectivity index (χ1) is 13.5. The molecule has 3 rings (SSSR count). The van der Waals surface area contributed by atoms with Crippen molar-refractivity contribution in [2.24, 2.45) is 5.92 Å². The van der Waals surface area contributed by atoms with Crippen molar-refractivity contribution in [3.63, 3.8) is 0 Å². The van der Waals surface area contributed by atoms with Gasteiger partial charge in [0.2, 0.25) is 0 Å². The van der Waals surface area contributed by atoms with Gasteiger partial charge in [0, 0.05) is 36.8 Å². The van der Waals surface area contributed by atoms with Crippen molar-refractivity contribution in [2.45, 2.75) is 13.3 Å². The number of rotatable bonds is 7. The topological polar surface area (TPSA) is 57.6 Å². The summed E-state index contributed by atoms with van der Waals surface area (Å²) in [5.41, 5.74) is 2.99. The number of aliphatic hydroxyl groups is 1. The smallest absolute Gasteiger partial charge is 0.144 e. The van der Waals surface area contributed by atoms with E-state index >= 15 is 0 Å². The van der Waals surface area contributed by atoms with E-state index in [1.54, 1.807) is 0 Å². The summed E-state index contributed by atoms with van der Waals surface area (Å²) in [5, 5.41) is 13.2. The van der Waals surface area contributed by atoms with Crippen LogP contribution in [-0.4, -0.2) is 55.7 Å². The van der Waals surface area contributed by atoms with Gasteiger partial charge in [-0.3, -0.25) is 0 Å². The molecule has 1 atom stereocenters. The van der Waals surface area contributed by atoms with Crippen molar-refractivity contribution in [1.82, 2.24) is 9.88 Å². The summed E-state index contributed by atoms with van der Waals surface area (Å²) in [6, 6.07) is 7.67. The van der Waals surface area contributed by atoms with Crippen molar-refractivity contribution >= 4 is 36.4 Å². The van der Waals surface area contributed by atoms with E-state index in [1.807, 2.05) is 39.2 Å². The van der Waals surface area contributed by atoms with E-state index in [0.717, 1.165) is 47.8 Å². The predicted octanol–water partition coefficient (Wildman–Crippen LogP) is 2.29. The average Bonchev–Trinajstić information content (AvgIpc) is 2.89. The quantitative estimate of drug-likeness (QED) is 0.553. The molecule has 28 heavy (non-hydrogen) atoms. The van der Waals surface area contributed by atoms with Gasteiger partial charge in [-0.1, -0.05) is 29.8 Å². The van der Waals surface area contributed by atoms with Crippen LogP contribution in [0.25, 0.3) is 0 Å². The van der Waals surface area contributed by atoms with Gasteiger partial charge >= 0.3 is 0 Å². The molecule has 0 spiro atoms. The van der Waals surface area contributed by atoms with Crippen molar-refractivity contribution in [3.8, 4) is 5.75 Å². The van der Waals surface area contributed by atoms with Crippen molar-refractivity contribution in [2.75, 3.05) is 38.2 Å². The molecule has 2 heterocycles. The van der Waals surface area contributed by atoms with Gasteiger partial charge in [0.25, 0.3) is 0 Å². The Morgan fingerprint density at radius 2 is 2.25 bits per heavy atom. The van der Waals surface area contributed by atoms with E-state index < -0.39 is 0 Å². The lowest BCUT2D eigenvalue weighted by molar-refractivity contribution is 0.169. The molecular formula is C21H27BClN3O2. The number of anilines is 2. The Hall–Kier alpha value is -2.02. The second kappa shape index (κ2) is 9.96. The third kappa shape index (κ3) is 5.74. The van der Waals surface area contributed by atoms with E-state index in [1.165, 1.54) is 0 Å². The Morgan fingerprint density at radius 1 is 1.39 bits per heavy atom. The Labute approximate surface area is 172 Å². The lowest BCUT2D eigenvalue weighted by Gasteiger charge is -2.23. The van der Waals surface area contributed by atoms with Crippen molar-refractivity contribution < 1.29 is 9.84 Å². The minimum Gasteiger partial charge on any atom is -0.491 e. The number of pyridine rings is 1. The zero-order valence-corrected chi connectivity index (χ0v) is 17.2. The summed E-state index contributed by atoms with van der Waals surface area (Å²) in [7, 11) is 2.03. The standard InChI is InChI=1S/C21H27BClN3O2/c1-15-10-18(22)21(24-12-15)25-19-11-17(23)5-6-20(19)28-14-16-4-2-3-7-26(13-16)8-9-27/h2,4-6,10-12,16,27H,3,7-9,13-14,22H2,1H3,(H,24,25)/t16-/m0/s1. The van der Waals surface area contributed by atoms with E-state index in [2.05, 4.69) is 33.4 Å². The Bertz CT molecular complexity index is 831. The van der Waals surface area contributed by atoms with E-state index in [-0.39, 0.29) is 12.5 Å². The molecule has 1 aliphatic rings. The number of halogens is 1. The number of nitrogens with zero attached hydrogens (tertiary/aromatic N) is 2. The first kappa shape index (κ1) is 20.7. The fourth-order valence-corrected chi connectivity index (χ4v) is 3.55. The number of ether oxygens (including phenoxy) is 1. The Kier molecular flexibility index (Phi) is 7.37. The highest BCUT2D eigenvalue weighted by Gasteiger charge is 2.16. The predicted molar refractivity (Wildman–Crippen MR) is 118 cm³/mol. The zero-order chi connectivity index (χ0) is 19.9. The van der Waals surface area contributed by atoms with Crippen LogP contribution in [0.5, 0.6) is 5.75 Å². The first-order valence-electron chi connectivity index (χ1n) is 9.67. The Balaban J connectivity index is 1.71. The molecule has 5 nitrogen and oxygen atoms in total. The lowest BCUT2D eigenvalue weighted by Crippen LogP contribution is -2.33. The summed E-state index contributed by atoms with van der Waals surface area (Å²) in [5.74, 6) is 1.82. The van der Waals surface area contributed by atoms with Crippen LogP contribution in [0.1, 0.15) is 12.0 Å². The van der Waals surface area contributed by atoms with Gasteiger partial charge in [0.15, 0.2) is 0 Å². The van der Waals surface area contributed by atoms with Gasteiger partial charge in [-0.05, 0) is 42.6 Å². The van der Waals surface area contributed by atoms with E-state index in [0.29, 0.717) is 18.2 Å². The fourth-order valence-electron chi connectivity index (χ4n) is 3.38. The number of hydrogen-bond donors (Lipinski definition) is 2. The number of aliphatic hydroxyl groups excluding tert-OH is 1. The molecule has 0 fully saturated rings. The van der Waals surface area contributed by atoms with Crippen LogP contribution in [0.2, 0.25) is 5.02 Å². The zero-order valence-electron chi connectivity index (χ0n) is 16.5. The van der Waals surface area contributed by atoms with E-state index in [9.17, 15) is 5.11 Å². The van der Waals surface area contributed by atoms with Gasteiger partial charge in [-0.25, -0.2) is 4.98 Å². The third-order valence-electron chi connectivity index (χ3n) is 4.79. The number of aromatic nitrogens is 1. The summed E-state index contributed by atoms with van der Waals surface area (Å²) in [4.78, 5) is 6.76. The molecule has 7 heteroatoms. The highest BCUT2D eigenvalue weighted by atomic mass is 35.5. The van der Waals surface area contributed by atoms with Gasteiger partial charge in [-0.15, -0.1) is 0 Å². The minimum atomic E-state index is 0.182. The maximum atomic E-state index is 9.23. The van der Waals surface area contributed by atoms with Crippen LogP contribution in [0.15, 0.2) is 42.6 Å². The molecule has 0 radical (unpaired) electrons. The molecular weight excluding hydrogens is 373 g/mol. The molecule has 2 N–H and O–H groups in total. The molecule has 0 bridgehead atoms. The van der Waals surface area contributed by atoms with Crippen LogP contribution in [0, 0.1) is 12.8 Å². The highest BCUT2D eigenvalue weighted by molar-refractivity contribution is 6.35. The molecule has 2 aromatic rings. The van der Waals surface area contributed by atoms with Gasteiger partial charge < -0.3 is 20.1 Å². The molecule has 1 aromatic heterocycles. The van der Waals surface area contributed by atoms with Crippen LogP contribution in [0.4, 0.5) is 11.5 Å². The second-order valence-electron chi connectivity index (χ2n) is 7.26. The number of nitrogens with one attached hydrogen (secondary N) is 1. The molecule has 0 saturated heterocycles. The third-order valence-corrected chi connectivity index (χ3v) is 5.03. The summed E-state index contributed by atoms with van der Waals surface area (Å²) in [6.45, 7) is 5.32. The molecule has 1 aliphatic heterocycles. The maximum absolute atomic E-state index is 9.23. The fraction of sp³-hybridized carbons (Fsp3) is 0.381. The number of aryl methyl sites for hydroxylation is 1. The molecule has 0 saturated carbocycles. The lowest BCUT2D eigenvalue weighted by atomic mass is 9.95. The Morgan fingerprint density at radius 3 is 3.04 bits per heavy atom. The van der Waals surface area contributed by atoms with Gasteiger partial charge in [0.05, 0.1) is 18.9 Å². The number of β-amino-alcohol motifs (C(OH)–C–C–N with tert-alkyl or cyclic N) is 1. The van der Waals surface area contributed by atoms with E-state index in [4.69, 9.17) is 16.3 Å². The normalized spacial score (nSPS) is 17.3. The summed E-state index contributed by atoms with van der Waals surface area (Å²) >= 11 is 6.21. The van der Waals surface area contributed by atoms with Crippen LogP contribution < -0.4 is 15.5 Å². The highest BCUT2D eigenvalue weighted by Crippen LogP contribution is 2.30. The van der Waals surface area contributed by atoms with Crippen molar-refractivity contribution in [1.29, 1.82) is 0 Å². The van der Waals surface area contributed by atoms with Crippen molar-refractivity contribution in [3.05, 3.63) is 53.2 Å². The second-order valence-corrected chi connectivity index (χ2v) is 7.69. The summed E-state index contributed by atoms with van der Waals surface area (Å²) in [6.07, 6.45) is 7.26. The SMILES string of the molecule is Bc1cc(C)cnc1Nc1cc(Cl)ccc1OC[C@H]1C=CCCN(CCO)C1. The molecule has 1 aromatic carbocycles. The van der Waals surface area contributed by atoms with Crippen LogP contribution in [-0.2, 0) is 0 Å². The monoisotopic (exact) mass is 399 g/mol. The molecule has 0 unspecified atom stereocenters. The number of hydrogen-bond acceptors (Lipinski definition) is 5. The maximum Gasteiger partial charge on any atom is 0.144 e. The van der Waals surface area contributed by atoms with Gasteiger partial charge in [-0.2, -0.15) is 0 Å². The van der Waals surface area contributed by atoms with Gasteiger partial charge in [0.1, 0.15) is 19.4 Å². The van der Waals surface area contributed by atoms with Crippen LogP contribution in [0.3, 0.4) is 0 Å². The molecule has 0 aliphatic carbocycles. The largest absolute Gasteiger partial charge is 0.491 e. The first-order valence-corrected chi connectivity index (χ1v) is 10.1. The summed E-state index contributed by atoms with van der Waals surface area (Å²) < 4.78 is 6.16. The molecule has 148 valence electrons. The average molecular weight is 400 g/mol. The number of benzene rings is 1. The molecule has 0 amide bonds. The van der Waals surface area contributed by atoms with Crippen LogP contribution >= 0.6 is 11.6 Å².